The van der Waals surface area contributed by atoms with E-state index < -0.39 is 5.97 Å². The fourth-order valence-corrected chi connectivity index (χ4v) is 2.60. The number of hydrogen-bond donors (Lipinski definition) is 1. The van der Waals surface area contributed by atoms with Crippen LogP contribution < -0.4 is 0 Å². The van der Waals surface area contributed by atoms with Crippen LogP contribution in [0.3, 0.4) is 0 Å². The molecule has 0 bridgehead atoms. The Labute approximate surface area is 152 Å². The molecule has 130 valence electrons. The van der Waals surface area contributed by atoms with Gasteiger partial charge in [0.15, 0.2) is 0 Å². The molecule has 1 N–H and O–H groups in total. The highest BCUT2D eigenvalue weighted by atomic mass is 16.7. The van der Waals surface area contributed by atoms with Crippen LogP contribution in [0.2, 0.25) is 0 Å². The van der Waals surface area contributed by atoms with Crippen LogP contribution in [-0.2, 0) is 4.84 Å². The van der Waals surface area contributed by atoms with Crippen LogP contribution in [0.25, 0.3) is 11.1 Å². The quantitative estimate of drug-likeness (QED) is 0.401. The molecule has 0 amide bonds. The van der Waals surface area contributed by atoms with Crippen LogP contribution >= 0.6 is 0 Å². The third-order valence-corrected chi connectivity index (χ3v) is 4.02. The van der Waals surface area contributed by atoms with Gasteiger partial charge in [0.2, 0.25) is 0 Å². The predicted molar refractivity (Wildman–Crippen MR) is 102 cm³/mol. The number of nitrogens with zero attached hydrogens (tertiary/aromatic N) is 1. The van der Waals surface area contributed by atoms with E-state index in [-0.39, 0.29) is 5.75 Å². The van der Waals surface area contributed by atoms with Crippen molar-refractivity contribution in [2.75, 3.05) is 0 Å². The fourth-order valence-electron chi connectivity index (χ4n) is 2.60. The summed E-state index contributed by atoms with van der Waals surface area (Å²) in [4.78, 5) is 17.3. The lowest BCUT2D eigenvalue weighted by molar-refractivity contribution is 0.0515. The number of aromatic hydroxyl groups is 1. The highest BCUT2D eigenvalue weighted by Gasteiger charge is 2.11. The maximum atomic E-state index is 12.2. The number of phenolic OH excluding ortho intramolecular Hbond substituents is 1. The maximum Gasteiger partial charge on any atom is 0.365 e. The summed E-state index contributed by atoms with van der Waals surface area (Å²) in [5.41, 5.74) is 3.59. The zero-order chi connectivity index (χ0) is 18.4. The molecule has 0 saturated carbocycles. The molecule has 4 nitrogen and oxygen atoms in total. The Kier molecular flexibility index (Phi) is 5.44. The molecular weight excluding hydrogens is 326 g/mol. The molecule has 0 aliphatic carbocycles. The third-order valence-electron chi connectivity index (χ3n) is 4.02. The Morgan fingerprint density at radius 3 is 2.15 bits per heavy atom. The first-order chi connectivity index (χ1) is 12.7. The third kappa shape index (κ3) is 3.98. The standard InChI is InChI=1S/C22H19NO3/c1-2-20(19-10-6-7-11-21(19)24)23-26-22(25)18-14-12-17(13-15-18)16-8-4-3-5-9-16/h3-15,24H,2H2,1H3/b23-20-. The smallest absolute Gasteiger partial charge is 0.365 e. The van der Waals surface area contributed by atoms with E-state index in [2.05, 4.69) is 5.16 Å². The molecule has 0 unspecified atom stereocenters. The summed E-state index contributed by atoms with van der Waals surface area (Å²) < 4.78 is 0. The van der Waals surface area contributed by atoms with Gasteiger partial charge in [-0.2, -0.15) is 0 Å². The average molecular weight is 345 g/mol. The molecule has 3 aromatic carbocycles. The van der Waals surface area contributed by atoms with Gasteiger partial charge in [0.05, 0.1) is 11.3 Å². The van der Waals surface area contributed by atoms with Gasteiger partial charge in [0.25, 0.3) is 0 Å². The molecule has 4 heteroatoms. The SMILES string of the molecule is CC/C(=N/OC(=O)c1ccc(-c2ccccc2)cc1)c1ccccc1O. The molecule has 3 rings (SSSR count). The van der Waals surface area contributed by atoms with Gasteiger partial charge in [-0.15, -0.1) is 0 Å². The number of oxime groups is 1. The van der Waals surface area contributed by atoms with Crippen molar-refractivity contribution < 1.29 is 14.7 Å². The van der Waals surface area contributed by atoms with Gasteiger partial charge < -0.3 is 9.94 Å². The first-order valence-corrected chi connectivity index (χ1v) is 8.41. The Balaban J connectivity index is 1.74. The number of rotatable bonds is 5. The van der Waals surface area contributed by atoms with E-state index in [1.54, 1.807) is 36.4 Å². The topological polar surface area (TPSA) is 58.9 Å². The number of carbonyl (C=O) groups excluding carboxylic acids is 1. The molecule has 0 aliphatic rings. The number of hydrogen-bond acceptors (Lipinski definition) is 4. The average Bonchev–Trinajstić information content (AvgIpc) is 2.70. The van der Waals surface area contributed by atoms with E-state index >= 15 is 0 Å². The molecule has 0 spiro atoms. The van der Waals surface area contributed by atoms with Crippen LogP contribution in [0.1, 0.15) is 29.3 Å². The van der Waals surface area contributed by atoms with Crippen molar-refractivity contribution in [2.45, 2.75) is 13.3 Å². The van der Waals surface area contributed by atoms with E-state index in [0.29, 0.717) is 23.3 Å². The van der Waals surface area contributed by atoms with Crippen molar-refractivity contribution in [3.05, 3.63) is 90.0 Å². The number of phenols is 1. The summed E-state index contributed by atoms with van der Waals surface area (Å²) in [6.45, 7) is 1.88. The maximum absolute atomic E-state index is 12.2. The Morgan fingerprint density at radius 1 is 0.885 bits per heavy atom. The molecule has 0 radical (unpaired) electrons. The van der Waals surface area contributed by atoms with E-state index in [9.17, 15) is 9.90 Å². The second-order valence-corrected chi connectivity index (χ2v) is 5.73. The van der Waals surface area contributed by atoms with Crippen molar-refractivity contribution in [1.29, 1.82) is 0 Å². The van der Waals surface area contributed by atoms with Crippen LogP contribution in [0.4, 0.5) is 0 Å². The number of para-hydroxylation sites is 1. The molecule has 0 saturated heterocycles. The van der Waals surface area contributed by atoms with Crippen molar-refractivity contribution >= 4 is 11.7 Å². The van der Waals surface area contributed by atoms with Crippen molar-refractivity contribution in [3.8, 4) is 16.9 Å². The van der Waals surface area contributed by atoms with Crippen molar-refractivity contribution in [3.63, 3.8) is 0 Å². The Hall–Kier alpha value is -3.40. The first-order valence-electron chi connectivity index (χ1n) is 8.41. The largest absolute Gasteiger partial charge is 0.507 e. The zero-order valence-electron chi connectivity index (χ0n) is 14.4. The van der Waals surface area contributed by atoms with E-state index in [4.69, 9.17) is 4.84 Å². The van der Waals surface area contributed by atoms with E-state index in [1.807, 2.05) is 49.4 Å². The predicted octanol–water partition coefficient (Wildman–Crippen LogP) is 5.03. The van der Waals surface area contributed by atoms with Gasteiger partial charge in [-0.25, -0.2) is 4.79 Å². The molecule has 0 aromatic heterocycles. The van der Waals surface area contributed by atoms with Gasteiger partial charge in [0.1, 0.15) is 5.75 Å². The summed E-state index contributed by atoms with van der Waals surface area (Å²) in [6, 6.07) is 23.9. The molecule has 0 fully saturated rings. The minimum atomic E-state index is -0.536. The van der Waals surface area contributed by atoms with Crippen LogP contribution in [0, 0.1) is 0 Å². The minimum absolute atomic E-state index is 0.108. The summed E-state index contributed by atoms with van der Waals surface area (Å²) >= 11 is 0. The molecule has 0 heterocycles. The minimum Gasteiger partial charge on any atom is -0.507 e. The summed E-state index contributed by atoms with van der Waals surface area (Å²) in [6.07, 6.45) is 0.526. The molecule has 26 heavy (non-hydrogen) atoms. The normalized spacial score (nSPS) is 11.2. The monoisotopic (exact) mass is 345 g/mol. The van der Waals surface area contributed by atoms with Crippen molar-refractivity contribution in [2.24, 2.45) is 5.16 Å². The summed E-state index contributed by atoms with van der Waals surface area (Å²) in [5.74, 6) is -0.428. The van der Waals surface area contributed by atoms with Gasteiger partial charge in [-0.3, -0.25) is 0 Å². The van der Waals surface area contributed by atoms with E-state index in [0.717, 1.165) is 11.1 Å². The van der Waals surface area contributed by atoms with Gasteiger partial charge in [-0.1, -0.05) is 66.7 Å². The second-order valence-electron chi connectivity index (χ2n) is 5.73. The molecule has 0 atom stereocenters. The van der Waals surface area contributed by atoms with E-state index in [1.165, 1.54) is 0 Å². The molecule has 3 aromatic rings. The van der Waals surface area contributed by atoms with Crippen LogP contribution in [-0.4, -0.2) is 16.8 Å². The van der Waals surface area contributed by atoms with Crippen molar-refractivity contribution in [1.82, 2.24) is 0 Å². The van der Waals surface area contributed by atoms with Gasteiger partial charge in [0, 0.05) is 5.56 Å². The first kappa shape index (κ1) is 17.4. The lowest BCUT2D eigenvalue weighted by Gasteiger charge is -2.06. The van der Waals surface area contributed by atoms with Crippen LogP contribution in [0.15, 0.2) is 84.0 Å². The number of benzene rings is 3. The Morgan fingerprint density at radius 2 is 1.50 bits per heavy atom. The van der Waals surface area contributed by atoms with Crippen LogP contribution in [0.5, 0.6) is 5.75 Å². The summed E-state index contributed by atoms with van der Waals surface area (Å²) in [5, 5.41) is 13.8. The zero-order valence-corrected chi connectivity index (χ0v) is 14.4. The Bertz CT molecular complexity index is 916. The lowest BCUT2D eigenvalue weighted by atomic mass is 10.0. The molecular formula is C22H19NO3. The fraction of sp³-hybridized carbons (Fsp3) is 0.0909. The lowest BCUT2D eigenvalue weighted by Crippen LogP contribution is -2.06. The molecule has 0 aliphatic heterocycles. The highest BCUT2D eigenvalue weighted by molar-refractivity contribution is 6.02. The highest BCUT2D eigenvalue weighted by Crippen LogP contribution is 2.20. The van der Waals surface area contributed by atoms with Gasteiger partial charge in [-0.05, 0) is 41.8 Å². The van der Waals surface area contributed by atoms with Gasteiger partial charge >= 0.3 is 5.97 Å². The summed E-state index contributed by atoms with van der Waals surface area (Å²) in [7, 11) is 0. The second kappa shape index (κ2) is 8.12. The number of carbonyl (C=O) groups is 1.